The summed E-state index contributed by atoms with van der Waals surface area (Å²) >= 11 is 4.51. The van der Waals surface area contributed by atoms with Crippen molar-refractivity contribution in [1.82, 2.24) is 14.1 Å². The third kappa shape index (κ3) is 5.17. The van der Waals surface area contributed by atoms with Gasteiger partial charge in [-0.1, -0.05) is 30.3 Å². The Kier molecular flexibility index (Phi) is 6.69. The van der Waals surface area contributed by atoms with E-state index in [1.54, 1.807) is 17.0 Å². The van der Waals surface area contributed by atoms with Crippen molar-refractivity contribution in [3.63, 3.8) is 0 Å². The Morgan fingerprint density at radius 2 is 1.78 bits per heavy atom. The van der Waals surface area contributed by atoms with E-state index in [0.29, 0.717) is 43.5 Å². The van der Waals surface area contributed by atoms with Crippen molar-refractivity contribution in [2.45, 2.75) is 10.8 Å². The first-order chi connectivity index (χ1) is 12.9. The van der Waals surface area contributed by atoms with E-state index < -0.39 is 10.0 Å². The number of hydrogen-bond donors (Lipinski definition) is 0. The Morgan fingerprint density at radius 1 is 1.11 bits per heavy atom. The molecular weight excluding hydrogens is 450 g/mol. The van der Waals surface area contributed by atoms with Gasteiger partial charge in [0, 0.05) is 32.7 Å². The fraction of sp³-hybridized carbons (Fsp3) is 0.389. The minimum absolute atomic E-state index is 0.0318. The average Bonchev–Trinajstić information content (AvgIpc) is 3.10. The number of sulfonamides is 1. The maximum Gasteiger partial charge on any atom is 0.252 e. The number of carbonyl (C=O) groups excluding carboxylic acids is 1. The van der Waals surface area contributed by atoms with Gasteiger partial charge >= 0.3 is 0 Å². The topological polar surface area (TPSA) is 60.9 Å². The van der Waals surface area contributed by atoms with Crippen LogP contribution in [0.4, 0.5) is 0 Å². The summed E-state index contributed by atoms with van der Waals surface area (Å²) in [4.78, 5) is 16.3. The summed E-state index contributed by atoms with van der Waals surface area (Å²) < 4.78 is 27.9. The third-order valence-corrected chi connectivity index (χ3v) is 8.42. The lowest BCUT2D eigenvalue weighted by Crippen LogP contribution is -2.52. The van der Waals surface area contributed by atoms with Crippen LogP contribution in [0.15, 0.2) is 50.5 Å². The van der Waals surface area contributed by atoms with Crippen molar-refractivity contribution in [3.05, 3.63) is 51.8 Å². The highest BCUT2D eigenvalue weighted by atomic mass is 79.9. The molecule has 0 saturated carbocycles. The Bertz CT molecular complexity index is 878. The van der Waals surface area contributed by atoms with E-state index in [2.05, 4.69) is 15.9 Å². The molecule has 1 aromatic carbocycles. The molecule has 6 nitrogen and oxygen atoms in total. The van der Waals surface area contributed by atoms with Gasteiger partial charge in [-0.05, 0) is 40.7 Å². The van der Waals surface area contributed by atoms with Crippen LogP contribution in [0.5, 0.6) is 0 Å². The zero-order valence-corrected chi connectivity index (χ0v) is 18.3. The summed E-state index contributed by atoms with van der Waals surface area (Å²) in [6.45, 7) is 2.51. The minimum Gasteiger partial charge on any atom is -0.339 e. The first-order valence-electron chi connectivity index (χ1n) is 8.62. The van der Waals surface area contributed by atoms with Gasteiger partial charge in [0.15, 0.2) is 0 Å². The molecule has 146 valence electrons. The number of halogens is 1. The summed E-state index contributed by atoms with van der Waals surface area (Å²) in [5.74, 6) is 0.0318. The second-order valence-corrected chi connectivity index (χ2v) is 11.1. The highest BCUT2D eigenvalue weighted by molar-refractivity contribution is 9.11. The highest BCUT2D eigenvalue weighted by Crippen LogP contribution is 2.28. The zero-order valence-electron chi connectivity index (χ0n) is 15.0. The molecule has 9 heteroatoms. The number of benzene rings is 1. The van der Waals surface area contributed by atoms with Crippen LogP contribution in [0.25, 0.3) is 0 Å². The molecule has 1 aromatic heterocycles. The SMILES string of the molecule is CN(CC(=O)N1CCN(S(=O)(=O)c2ccc(Br)s2)CC1)Cc1ccccc1. The molecule has 1 aliphatic heterocycles. The maximum absolute atomic E-state index is 12.7. The normalized spacial score (nSPS) is 16.0. The molecule has 0 radical (unpaired) electrons. The van der Waals surface area contributed by atoms with Gasteiger partial charge in [0.2, 0.25) is 5.91 Å². The summed E-state index contributed by atoms with van der Waals surface area (Å²) in [6, 6.07) is 13.4. The highest BCUT2D eigenvalue weighted by Gasteiger charge is 2.31. The molecular formula is C18H22BrN3O3S2. The van der Waals surface area contributed by atoms with Crippen LogP contribution >= 0.6 is 27.3 Å². The van der Waals surface area contributed by atoms with Crippen LogP contribution in [0.1, 0.15) is 5.56 Å². The molecule has 0 atom stereocenters. The van der Waals surface area contributed by atoms with Crippen LogP contribution in [0.3, 0.4) is 0 Å². The van der Waals surface area contributed by atoms with Gasteiger partial charge in [-0.15, -0.1) is 11.3 Å². The quantitative estimate of drug-likeness (QED) is 0.648. The predicted molar refractivity (Wildman–Crippen MR) is 110 cm³/mol. The Balaban J connectivity index is 1.52. The number of thiophene rings is 1. The summed E-state index contributed by atoms with van der Waals surface area (Å²) in [5, 5.41) is 0. The minimum atomic E-state index is -3.48. The van der Waals surface area contributed by atoms with Crippen molar-refractivity contribution in [1.29, 1.82) is 0 Å². The summed E-state index contributed by atoms with van der Waals surface area (Å²) in [5.41, 5.74) is 1.16. The summed E-state index contributed by atoms with van der Waals surface area (Å²) in [7, 11) is -1.56. The van der Waals surface area contributed by atoms with E-state index in [1.165, 1.54) is 15.6 Å². The summed E-state index contributed by atoms with van der Waals surface area (Å²) in [6.07, 6.45) is 0. The number of amides is 1. The van der Waals surface area contributed by atoms with Crippen LogP contribution in [0.2, 0.25) is 0 Å². The van der Waals surface area contributed by atoms with Gasteiger partial charge in [0.25, 0.3) is 10.0 Å². The van der Waals surface area contributed by atoms with Gasteiger partial charge < -0.3 is 4.90 Å². The monoisotopic (exact) mass is 471 g/mol. The zero-order chi connectivity index (χ0) is 19.4. The van der Waals surface area contributed by atoms with E-state index in [0.717, 1.165) is 9.35 Å². The molecule has 1 saturated heterocycles. The van der Waals surface area contributed by atoms with E-state index in [9.17, 15) is 13.2 Å². The molecule has 0 bridgehead atoms. The number of hydrogen-bond acceptors (Lipinski definition) is 5. The number of nitrogens with zero attached hydrogens (tertiary/aromatic N) is 3. The number of carbonyl (C=O) groups is 1. The van der Waals surface area contributed by atoms with Crippen LogP contribution < -0.4 is 0 Å². The lowest BCUT2D eigenvalue weighted by atomic mass is 10.2. The van der Waals surface area contributed by atoms with Crippen molar-refractivity contribution in [2.24, 2.45) is 0 Å². The first-order valence-corrected chi connectivity index (χ1v) is 11.7. The molecule has 0 unspecified atom stereocenters. The molecule has 3 rings (SSSR count). The Hall–Kier alpha value is -1.26. The van der Waals surface area contributed by atoms with E-state index in [1.807, 2.05) is 42.3 Å². The Labute approximate surface area is 172 Å². The van der Waals surface area contributed by atoms with Gasteiger partial charge in [-0.25, -0.2) is 8.42 Å². The van der Waals surface area contributed by atoms with Crippen LogP contribution in [0, 0.1) is 0 Å². The smallest absolute Gasteiger partial charge is 0.252 e. The molecule has 27 heavy (non-hydrogen) atoms. The first kappa shape index (κ1) is 20.5. The Morgan fingerprint density at radius 3 is 2.37 bits per heavy atom. The van der Waals surface area contributed by atoms with Gasteiger partial charge in [0.1, 0.15) is 4.21 Å². The van der Waals surface area contributed by atoms with Gasteiger partial charge in [0.05, 0.1) is 10.3 Å². The second kappa shape index (κ2) is 8.83. The van der Waals surface area contributed by atoms with Crippen molar-refractivity contribution < 1.29 is 13.2 Å². The number of piperazine rings is 1. The fourth-order valence-corrected chi connectivity index (χ4v) is 6.61. The van der Waals surface area contributed by atoms with Crippen molar-refractivity contribution >= 4 is 43.2 Å². The van der Waals surface area contributed by atoms with E-state index >= 15 is 0 Å². The average molecular weight is 472 g/mol. The van der Waals surface area contributed by atoms with Crippen molar-refractivity contribution in [3.8, 4) is 0 Å². The molecule has 1 amide bonds. The van der Waals surface area contributed by atoms with Crippen LogP contribution in [-0.4, -0.2) is 68.2 Å². The molecule has 1 aliphatic rings. The second-order valence-electron chi connectivity index (χ2n) is 6.50. The molecule has 0 spiro atoms. The van der Waals surface area contributed by atoms with Crippen LogP contribution in [-0.2, 0) is 21.4 Å². The molecule has 2 heterocycles. The maximum atomic E-state index is 12.7. The number of likely N-dealkylation sites (N-methyl/N-ethyl adjacent to an activating group) is 1. The fourth-order valence-electron chi connectivity index (χ4n) is 3.02. The van der Waals surface area contributed by atoms with E-state index in [-0.39, 0.29) is 5.91 Å². The molecule has 1 fully saturated rings. The van der Waals surface area contributed by atoms with Gasteiger partial charge in [-0.3, -0.25) is 9.69 Å². The number of rotatable bonds is 6. The lowest BCUT2D eigenvalue weighted by Gasteiger charge is -2.34. The lowest BCUT2D eigenvalue weighted by molar-refractivity contribution is -0.133. The van der Waals surface area contributed by atoms with E-state index in [4.69, 9.17) is 0 Å². The van der Waals surface area contributed by atoms with Gasteiger partial charge in [-0.2, -0.15) is 4.31 Å². The van der Waals surface area contributed by atoms with Crippen molar-refractivity contribution in [2.75, 3.05) is 39.8 Å². The largest absolute Gasteiger partial charge is 0.339 e. The standard InChI is InChI=1S/C18H22BrN3O3S2/c1-20(13-15-5-3-2-4-6-15)14-17(23)21-9-11-22(12-10-21)27(24,25)18-8-7-16(19)26-18/h2-8H,9-14H2,1H3. The molecule has 0 aliphatic carbocycles. The molecule has 0 N–H and O–H groups in total. The predicted octanol–water partition coefficient (Wildman–Crippen LogP) is 2.48. The third-order valence-electron chi connectivity index (χ3n) is 4.43. The molecule has 2 aromatic rings.